The Morgan fingerprint density at radius 3 is 2.81 bits per heavy atom. The van der Waals surface area contributed by atoms with Crippen molar-refractivity contribution < 1.29 is 9.53 Å². The van der Waals surface area contributed by atoms with Crippen LogP contribution in [0.5, 0.6) is 0 Å². The quantitative estimate of drug-likeness (QED) is 0.752. The predicted molar refractivity (Wildman–Crippen MR) is 64.3 cm³/mol. The molecule has 1 fully saturated rings. The Kier molecular flexibility index (Phi) is 4.74. The van der Waals surface area contributed by atoms with E-state index in [2.05, 4.69) is 17.6 Å². The number of amides is 1. The summed E-state index contributed by atoms with van der Waals surface area (Å²) in [5.74, 6) is 0.242. The summed E-state index contributed by atoms with van der Waals surface area (Å²) in [6, 6.07) is 0.277. The summed E-state index contributed by atoms with van der Waals surface area (Å²) in [6.45, 7) is 7.59. The highest BCUT2D eigenvalue weighted by Crippen LogP contribution is 2.16. The lowest BCUT2D eigenvalue weighted by molar-refractivity contribution is -0.127. The normalized spacial score (nSPS) is 26.5. The Labute approximate surface area is 98.1 Å². The van der Waals surface area contributed by atoms with E-state index in [1.54, 1.807) is 7.11 Å². The molecule has 0 aliphatic carbocycles. The molecular formula is C12H24N2O2. The average molecular weight is 228 g/mol. The maximum atomic E-state index is 12.0. The second-order valence-electron chi connectivity index (χ2n) is 5.17. The van der Waals surface area contributed by atoms with Gasteiger partial charge in [-0.05, 0) is 40.2 Å². The lowest BCUT2D eigenvalue weighted by Gasteiger charge is -2.30. The molecule has 1 aliphatic heterocycles. The molecule has 4 heteroatoms. The van der Waals surface area contributed by atoms with E-state index in [0.29, 0.717) is 6.54 Å². The minimum Gasteiger partial charge on any atom is -0.377 e. The molecule has 0 bridgehead atoms. The van der Waals surface area contributed by atoms with Gasteiger partial charge in [0, 0.05) is 19.7 Å². The number of hydrogen-bond donors (Lipinski definition) is 2. The number of carbonyl (C=O) groups excluding carboxylic acids is 1. The Bertz CT molecular complexity index is 241. The molecule has 1 saturated heterocycles. The Balaban J connectivity index is 2.39. The van der Waals surface area contributed by atoms with Crippen LogP contribution < -0.4 is 10.6 Å². The molecule has 0 spiro atoms. The zero-order valence-corrected chi connectivity index (χ0v) is 10.8. The number of carbonyl (C=O) groups is 1. The zero-order valence-electron chi connectivity index (χ0n) is 10.8. The van der Waals surface area contributed by atoms with Crippen molar-refractivity contribution in [1.29, 1.82) is 0 Å². The minimum atomic E-state index is -0.291. The van der Waals surface area contributed by atoms with E-state index in [1.807, 2.05) is 13.8 Å². The topological polar surface area (TPSA) is 50.4 Å². The third-order valence-corrected chi connectivity index (χ3v) is 3.34. The Morgan fingerprint density at radius 2 is 2.25 bits per heavy atom. The molecule has 4 nitrogen and oxygen atoms in total. The van der Waals surface area contributed by atoms with Crippen LogP contribution >= 0.6 is 0 Å². The smallest absolute Gasteiger partial charge is 0.224 e. The summed E-state index contributed by atoms with van der Waals surface area (Å²) in [5, 5.41) is 6.30. The summed E-state index contributed by atoms with van der Waals surface area (Å²) in [6.07, 6.45) is 2.06. The number of piperidine rings is 1. The Morgan fingerprint density at radius 1 is 1.56 bits per heavy atom. The van der Waals surface area contributed by atoms with E-state index in [1.165, 1.54) is 0 Å². The monoisotopic (exact) mass is 228 g/mol. The van der Waals surface area contributed by atoms with Crippen LogP contribution in [0.4, 0.5) is 0 Å². The molecule has 2 N–H and O–H groups in total. The SMILES string of the molecule is COC(C)(C)CNC(=O)C1CCCNC1C. The second-order valence-corrected chi connectivity index (χ2v) is 5.17. The van der Waals surface area contributed by atoms with Crippen LogP contribution in [0.25, 0.3) is 0 Å². The zero-order chi connectivity index (χ0) is 12.2. The predicted octanol–water partition coefficient (Wildman–Crippen LogP) is 0.916. The van der Waals surface area contributed by atoms with Crippen LogP contribution in [-0.2, 0) is 9.53 Å². The maximum Gasteiger partial charge on any atom is 0.224 e. The third-order valence-electron chi connectivity index (χ3n) is 3.34. The van der Waals surface area contributed by atoms with Crippen molar-refractivity contribution in [2.75, 3.05) is 20.2 Å². The number of rotatable bonds is 4. The van der Waals surface area contributed by atoms with Gasteiger partial charge in [-0.25, -0.2) is 0 Å². The van der Waals surface area contributed by atoms with E-state index < -0.39 is 0 Å². The number of hydrogen-bond acceptors (Lipinski definition) is 3. The van der Waals surface area contributed by atoms with Gasteiger partial charge in [-0.1, -0.05) is 0 Å². The molecule has 0 aromatic carbocycles. The van der Waals surface area contributed by atoms with Gasteiger partial charge in [0.15, 0.2) is 0 Å². The van der Waals surface area contributed by atoms with Gasteiger partial charge in [0.1, 0.15) is 0 Å². The van der Waals surface area contributed by atoms with Crippen molar-refractivity contribution in [1.82, 2.24) is 10.6 Å². The van der Waals surface area contributed by atoms with Gasteiger partial charge < -0.3 is 15.4 Å². The molecule has 0 saturated carbocycles. The van der Waals surface area contributed by atoms with Gasteiger partial charge in [0.05, 0.1) is 11.5 Å². The fourth-order valence-corrected chi connectivity index (χ4v) is 1.91. The first kappa shape index (κ1) is 13.5. The van der Waals surface area contributed by atoms with Gasteiger partial charge in [0.2, 0.25) is 5.91 Å². The van der Waals surface area contributed by atoms with Crippen LogP contribution in [0.15, 0.2) is 0 Å². The first-order chi connectivity index (χ1) is 7.46. The van der Waals surface area contributed by atoms with Crippen molar-refractivity contribution in [2.45, 2.75) is 45.3 Å². The molecule has 2 atom stereocenters. The van der Waals surface area contributed by atoms with Gasteiger partial charge in [0.25, 0.3) is 0 Å². The minimum absolute atomic E-state index is 0.0985. The highest BCUT2D eigenvalue weighted by Gasteiger charge is 2.28. The molecule has 0 aromatic heterocycles. The number of ether oxygens (including phenoxy) is 1. The summed E-state index contributed by atoms with van der Waals surface area (Å²) in [5.41, 5.74) is -0.291. The Hall–Kier alpha value is -0.610. The molecule has 2 unspecified atom stereocenters. The first-order valence-electron chi connectivity index (χ1n) is 6.02. The summed E-state index contributed by atoms with van der Waals surface area (Å²) in [4.78, 5) is 12.0. The highest BCUT2D eigenvalue weighted by atomic mass is 16.5. The van der Waals surface area contributed by atoms with E-state index in [4.69, 9.17) is 4.74 Å². The molecule has 1 aliphatic rings. The number of nitrogens with one attached hydrogen (secondary N) is 2. The first-order valence-corrected chi connectivity index (χ1v) is 6.02. The second kappa shape index (κ2) is 5.64. The van der Waals surface area contributed by atoms with Crippen molar-refractivity contribution in [3.8, 4) is 0 Å². The van der Waals surface area contributed by atoms with Crippen molar-refractivity contribution >= 4 is 5.91 Å². The van der Waals surface area contributed by atoms with Crippen LogP contribution in [-0.4, -0.2) is 37.7 Å². The molecular weight excluding hydrogens is 204 g/mol. The summed E-state index contributed by atoms with van der Waals surface area (Å²) >= 11 is 0. The van der Waals surface area contributed by atoms with E-state index >= 15 is 0 Å². The molecule has 94 valence electrons. The standard InChI is InChI=1S/C12H24N2O2/c1-9-10(6-5-7-13-9)11(15)14-8-12(2,3)16-4/h9-10,13H,5-8H2,1-4H3,(H,14,15). The van der Waals surface area contributed by atoms with Gasteiger partial charge in [-0.15, -0.1) is 0 Å². The van der Waals surface area contributed by atoms with Crippen LogP contribution in [0.2, 0.25) is 0 Å². The van der Waals surface area contributed by atoms with Crippen molar-refractivity contribution in [3.63, 3.8) is 0 Å². The largest absolute Gasteiger partial charge is 0.377 e. The maximum absolute atomic E-state index is 12.0. The van der Waals surface area contributed by atoms with Gasteiger partial charge in [-0.2, -0.15) is 0 Å². The lowest BCUT2D eigenvalue weighted by Crippen LogP contribution is -2.49. The van der Waals surface area contributed by atoms with Crippen LogP contribution in [0.3, 0.4) is 0 Å². The highest BCUT2D eigenvalue weighted by molar-refractivity contribution is 5.79. The average Bonchev–Trinajstić information content (AvgIpc) is 2.27. The summed E-state index contributed by atoms with van der Waals surface area (Å²) in [7, 11) is 1.66. The lowest BCUT2D eigenvalue weighted by atomic mass is 9.91. The van der Waals surface area contributed by atoms with Crippen molar-refractivity contribution in [2.24, 2.45) is 5.92 Å². The van der Waals surface area contributed by atoms with E-state index in [-0.39, 0.29) is 23.5 Å². The third kappa shape index (κ3) is 3.76. The van der Waals surface area contributed by atoms with E-state index in [9.17, 15) is 4.79 Å². The molecule has 1 rings (SSSR count). The van der Waals surface area contributed by atoms with Gasteiger partial charge >= 0.3 is 0 Å². The fraction of sp³-hybridized carbons (Fsp3) is 0.917. The molecule has 0 radical (unpaired) electrons. The van der Waals surface area contributed by atoms with Crippen LogP contribution in [0.1, 0.15) is 33.6 Å². The molecule has 0 aromatic rings. The summed E-state index contributed by atoms with van der Waals surface area (Å²) < 4.78 is 5.27. The number of methoxy groups -OCH3 is 1. The molecule has 1 amide bonds. The van der Waals surface area contributed by atoms with Gasteiger partial charge in [-0.3, -0.25) is 4.79 Å². The van der Waals surface area contributed by atoms with Crippen molar-refractivity contribution in [3.05, 3.63) is 0 Å². The molecule has 1 heterocycles. The van der Waals surface area contributed by atoms with Crippen LogP contribution in [0, 0.1) is 5.92 Å². The van der Waals surface area contributed by atoms with E-state index in [0.717, 1.165) is 19.4 Å². The molecule has 16 heavy (non-hydrogen) atoms. The fourth-order valence-electron chi connectivity index (χ4n) is 1.91.